The van der Waals surface area contributed by atoms with Gasteiger partial charge in [-0.3, -0.25) is 9.10 Å². The lowest BCUT2D eigenvalue weighted by Crippen LogP contribution is -2.48. The second-order valence-corrected chi connectivity index (χ2v) is 8.63. The largest absolute Gasteiger partial charge is 0.493 e. The zero-order valence-corrected chi connectivity index (χ0v) is 18.5. The van der Waals surface area contributed by atoms with E-state index in [2.05, 4.69) is 5.32 Å². The molecule has 164 valence electrons. The maximum absolute atomic E-state index is 14.3. The second-order valence-electron chi connectivity index (χ2n) is 6.77. The number of rotatable bonds is 9. The first-order chi connectivity index (χ1) is 14.1. The minimum atomic E-state index is -3.92. The quantitative estimate of drug-likeness (QED) is 0.650. The molecule has 0 aliphatic carbocycles. The molecule has 2 atom stereocenters. The molecular formula is C21H27FN2O5S. The van der Waals surface area contributed by atoms with Gasteiger partial charge in [0.15, 0.2) is 11.5 Å². The molecule has 0 bridgehead atoms. The average molecular weight is 439 g/mol. The third kappa shape index (κ3) is 5.21. The molecule has 0 spiro atoms. The van der Waals surface area contributed by atoms with Crippen molar-refractivity contribution in [1.82, 2.24) is 5.32 Å². The summed E-state index contributed by atoms with van der Waals surface area (Å²) in [6.07, 6.45) is 1.49. The number of methoxy groups -OCH3 is 2. The van der Waals surface area contributed by atoms with Crippen LogP contribution in [0, 0.1) is 5.82 Å². The van der Waals surface area contributed by atoms with Crippen molar-refractivity contribution in [2.75, 3.05) is 24.8 Å². The highest BCUT2D eigenvalue weighted by Gasteiger charge is 2.32. The van der Waals surface area contributed by atoms with E-state index in [-0.39, 0.29) is 5.69 Å². The normalized spacial score (nSPS) is 13.3. The van der Waals surface area contributed by atoms with Crippen molar-refractivity contribution in [3.05, 3.63) is 53.8 Å². The molecule has 2 aromatic rings. The Bertz CT molecular complexity index is 997. The molecule has 2 aromatic carbocycles. The Labute approximate surface area is 176 Å². The molecule has 1 N–H and O–H groups in total. The molecule has 0 radical (unpaired) electrons. The van der Waals surface area contributed by atoms with E-state index in [4.69, 9.17) is 9.47 Å². The van der Waals surface area contributed by atoms with Gasteiger partial charge in [-0.05, 0) is 43.2 Å². The smallest absolute Gasteiger partial charge is 0.244 e. The third-order valence-corrected chi connectivity index (χ3v) is 5.94. The number of hydrogen-bond acceptors (Lipinski definition) is 5. The molecule has 7 nitrogen and oxygen atoms in total. The molecule has 1 amide bonds. The summed E-state index contributed by atoms with van der Waals surface area (Å²) in [5.74, 6) is -0.210. The van der Waals surface area contributed by atoms with Gasteiger partial charge in [-0.2, -0.15) is 0 Å². The van der Waals surface area contributed by atoms with Crippen LogP contribution in [0.2, 0.25) is 0 Å². The van der Waals surface area contributed by atoms with Crippen LogP contribution in [-0.2, 0) is 14.8 Å². The average Bonchev–Trinajstić information content (AvgIpc) is 2.71. The maximum atomic E-state index is 14.3. The fourth-order valence-electron chi connectivity index (χ4n) is 3.19. The molecule has 0 aromatic heterocycles. The highest BCUT2D eigenvalue weighted by atomic mass is 32.2. The summed E-state index contributed by atoms with van der Waals surface area (Å²) in [4.78, 5) is 12.9. The lowest BCUT2D eigenvalue weighted by Gasteiger charge is -2.30. The van der Waals surface area contributed by atoms with Crippen molar-refractivity contribution in [2.24, 2.45) is 0 Å². The van der Waals surface area contributed by atoms with Crippen LogP contribution in [0.4, 0.5) is 10.1 Å². The Morgan fingerprint density at radius 3 is 2.30 bits per heavy atom. The van der Waals surface area contributed by atoms with E-state index >= 15 is 0 Å². The summed E-state index contributed by atoms with van der Waals surface area (Å²) >= 11 is 0. The van der Waals surface area contributed by atoms with Crippen LogP contribution >= 0.6 is 0 Å². The number of carbonyl (C=O) groups is 1. The van der Waals surface area contributed by atoms with E-state index in [1.165, 1.54) is 39.3 Å². The number of para-hydroxylation sites is 1. The number of hydrogen-bond donors (Lipinski definition) is 1. The molecular weight excluding hydrogens is 411 g/mol. The number of amides is 1. The highest BCUT2D eigenvalue weighted by molar-refractivity contribution is 7.92. The number of anilines is 1. The fourth-order valence-corrected chi connectivity index (χ4v) is 4.37. The van der Waals surface area contributed by atoms with Gasteiger partial charge in [0.2, 0.25) is 15.9 Å². The first kappa shape index (κ1) is 23.5. The van der Waals surface area contributed by atoms with Crippen molar-refractivity contribution in [2.45, 2.75) is 32.4 Å². The van der Waals surface area contributed by atoms with Crippen LogP contribution < -0.4 is 19.1 Å². The van der Waals surface area contributed by atoms with Gasteiger partial charge < -0.3 is 14.8 Å². The number of ether oxygens (including phenoxy) is 2. The van der Waals surface area contributed by atoms with Gasteiger partial charge in [-0.15, -0.1) is 0 Å². The minimum Gasteiger partial charge on any atom is -0.493 e. The first-order valence-electron chi connectivity index (χ1n) is 9.40. The molecule has 0 fully saturated rings. The van der Waals surface area contributed by atoms with Crippen molar-refractivity contribution < 1.29 is 27.1 Å². The van der Waals surface area contributed by atoms with Crippen molar-refractivity contribution >= 4 is 21.6 Å². The molecule has 0 heterocycles. The Morgan fingerprint density at radius 2 is 1.77 bits per heavy atom. The lowest BCUT2D eigenvalue weighted by atomic mass is 10.0. The molecule has 0 aliphatic rings. The van der Waals surface area contributed by atoms with Crippen molar-refractivity contribution in [3.8, 4) is 11.5 Å². The molecule has 0 unspecified atom stereocenters. The third-order valence-electron chi connectivity index (χ3n) is 4.71. The summed E-state index contributed by atoms with van der Waals surface area (Å²) < 4.78 is 50.3. The highest BCUT2D eigenvalue weighted by Crippen LogP contribution is 2.31. The number of nitrogens with zero attached hydrogens (tertiary/aromatic N) is 1. The summed E-state index contributed by atoms with van der Waals surface area (Å²) in [6.45, 7) is 3.31. The Balaban J connectivity index is 2.32. The first-order valence-corrected chi connectivity index (χ1v) is 11.2. The van der Waals surface area contributed by atoms with Crippen LogP contribution in [0.15, 0.2) is 42.5 Å². The number of sulfonamides is 1. The number of benzene rings is 2. The maximum Gasteiger partial charge on any atom is 0.244 e. The van der Waals surface area contributed by atoms with Crippen LogP contribution in [0.5, 0.6) is 11.5 Å². The van der Waals surface area contributed by atoms with Gasteiger partial charge in [0, 0.05) is 0 Å². The Kier molecular flexibility index (Phi) is 7.66. The Hall–Kier alpha value is -2.81. The summed E-state index contributed by atoms with van der Waals surface area (Å²) in [7, 11) is -0.872. The summed E-state index contributed by atoms with van der Waals surface area (Å²) in [6, 6.07) is 9.16. The fraction of sp³-hybridized carbons (Fsp3) is 0.381. The summed E-state index contributed by atoms with van der Waals surface area (Å²) in [5.41, 5.74) is 0.592. The lowest BCUT2D eigenvalue weighted by molar-refractivity contribution is -0.122. The number of nitrogens with one attached hydrogen (secondary N) is 1. The standard InChI is InChI=1S/C21H27FN2O5S/c1-6-17(15-11-12-19(28-3)20(13-15)29-4)23-21(25)14(2)24(30(5,26)27)18-10-8-7-9-16(18)22/h7-14,17H,6H2,1-5H3,(H,23,25)/t14-,17-/m1/s1. The molecule has 0 saturated carbocycles. The van der Waals surface area contributed by atoms with Crippen LogP contribution in [0.25, 0.3) is 0 Å². The van der Waals surface area contributed by atoms with Gasteiger partial charge in [-0.25, -0.2) is 12.8 Å². The molecule has 0 saturated heterocycles. The SMILES string of the molecule is CC[C@@H](NC(=O)[C@@H](C)N(c1ccccc1F)S(C)(=O)=O)c1ccc(OC)c(OC)c1. The van der Waals surface area contributed by atoms with Crippen molar-refractivity contribution in [3.63, 3.8) is 0 Å². The van der Waals surface area contributed by atoms with Gasteiger partial charge >= 0.3 is 0 Å². The topological polar surface area (TPSA) is 84.9 Å². The monoisotopic (exact) mass is 438 g/mol. The van der Waals surface area contributed by atoms with Gasteiger partial charge in [0.25, 0.3) is 0 Å². The number of halogens is 1. The van der Waals surface area contributed by atoms with E-state index in [9.17, 15) is 17.6 Å². The zero-order valence-electron chi connectivity index (χ0n) is 17.7. The minimum absolute atomic E-state index is 0.179. The predicted octanol–water partition coefficient (Wildman–Crippen LogP) is 3.26. The molecule has 0 aliphatic heterocycles. The van der Waals surface area contributed by atoms with Gasteiger partial charge in [0.05, 0.1) is 32.2 Å². The Morgan fingerprint density at radius 1 is 1.13 bits per heavy atom. The number of carbonyl (C=O) groups excluding carboxylic acids is 1. The van der Waals surface area contributed by atoms with Crippen molar-refractivity contribution in [1.29, 1.82) is 0 Å². The van der Waals surface area contributed by atoms with Crippen LogP contribution in [0.3, 0.4) is 0 Å². The summed E-state index contributed by atoms with van der Waals surface area (Å²) in [5, 5.41) is 2.85. The molecule has 2 rings (SSSR count). The van der Waals surface area contributed by atoms with Crippen LogP contribution in [-0.4, -0.2) is 40.8 Å². The van der Waals surface area contributed by atoms with E-state index < -0.39 is 33.8 Å². The van der Waals surface area contributed by atoms with E-state index in [1.54, 1.807) is 18.2 Å². The molecule has 9 heteroatoms. The van der Waals surface area contributed by atoms with E-state index in [0.717, 1.165) is 22.2 Å². The van der Waals surface area contributed by atoms with Gasteiger partial charge in [0.1, 0.15) is 11.9 Å². The molecule has 30 heavy (non-hydrogen) atoms. The zero-order chi connectivity index (χ0) is 22.5. The van der Waals surface area contributed by atoms with E-state index in [0.29, 0.717) is 17.9 Å². The van der Waals surface area contributed by atoms with Gasteiger partial charge in [-0.1, -0.05) is 25.1 Å². The van der Waals surface area contributed by atoms with E-state index in [1.807, 2.05) is 6.92 Å². The second kappa shape index (κ2) is 9.80. The predicted molar refractivity (Wildman–Crippen MR) is 114 cm³/mol. The van der Waals surface area contributed by atoms with Crippen LogP contribution in [0.1, 0.15) is 31.9 Å².